The molecule has 0 aliphatic carbocycles. The first-order valence-electron chi connectivity index (χ1n) is 11.8. The second-order valence-corrected chi connectivity index (χ2v) is 8.60. The molecule has 2 aromatic heterocycles. The van der Waals surface area contributed by atoms with Crippen LogP contribution in [0.4, 0.5) is 10.5 Å². The number of aromatic nitrogens is 3. The van der Waals surface area contributed by atoms with Gasteiger partial charge in [-0.15, -0.1) is 0 Å². The fraction of sp³-hybridized carbons (Fsp3) is 0.423. The molecule has 0 saturated carbocycles. The Bertz CT molecular complexity index is 1050. The van der Waals surface area contributed by atoms with Crippen molar-refractivity contribution in [3.8, 4) is 11.5 Å². The number of aryl methyl sites for hydroxylation is 2. The molecule has 1 N–H and O–H groups in total. The highest BCUT2D eigenvalue weighted by atomic mass is 16.5. The summed E-state index contributed by atoms with van der Waals surface area (Å²) in [6.45, 7) is 5.27. The first kappa shape index (κ1) is 26.0. The molecule has 3 rings (SSSR count). The van der Waals surface area contributed by atoms with Crippen LogP contribution in [0.3, 0.4) is 0 Å². The number of methoxy groups -OCH3 is 1. The van der Waals surface area contributed by atoms with Crippen molar-refractivity contribution in [2.75, 3.05) is 45.8 Å². The Morgan fingerprint density at radius 2 is 1.97 bits per heavy atom. The second-order valence-electron chi connectivity index (χ2n) is 8.60. The average Bonchev–Trinajstić information content (AvgIpc) is 3.28. The minimum absolute atomic E-state index is 0.182. The Morgan fingerprint density at radius 3 is 2.66 bits per heavy atom. The molecule has 188 valence electrons. The van der Waals surface area contributed by atoms with E-state index in [1.165, 1.54) is 0 Å². The Morgan fingerprint density at radius 1 is 1.11 bits per heavy atom. The number of hydrogen-bond donors (Lipinski definition) is 1. The highest BCUT2D eigenvalue weighted by molar-refractivity contribution is 5.92. The van der Waals surface area contributed by atoms with E-state index in [9.17, 15) is 4.79 Å². The number of nitrogens with zero attached hydrogens (tertiary/aromatic N) is 5. The van der Waals surface area contributed by atoms with E-state index < -0.39 is 0 Å². The van der Waals surface area contributed by atoms with Gasteiger partial charge in [0.05, 0.1) is 26.6 Å². The molecule has 9 nitrogen and oxygen atoms in total. The number of carbonyl (C=O) groups excluding carboxylic acids is 1. The van der Waals surface area contributed by atoms with Gasteiger partial charge in [0.2, 0.25) is 0 Å². The third kappa shape index (κ3) is 7.99. The molecular weight excluding hydrogens is 444 g/mol. The van der Waals surface area contributed by atoms with Gasteiger partial charge in [0.25, 0.3) is 0 Å². The van der Waals surface area contributed by atoms with E-state index in [2.05, 4.69) is 24.8 Å². The lowest BCUT2D eigenvalue weighted by Crippen LogP contribution is -2.40. The van der Waals surface area contributed by atoms with Gasteiger partial charge < -0.3 is 24.3 Å². The molecule has 9 heteroatoms. The van der Waals surface area contributed by atoms with Crippen LogP contribution in [0.2, 0.25) is 0 Å². The van der Waals surface area contributed by atoms with E-state index in [-0.39, 0.29) is 6.03 Å². The van der Waals surface area contributed by atoms with Gasteiger partial charge >= 0.3 is 6.03 Å². The third-order valence-corrected chi connectivity index (χ3v) is 5.55. The number of imidazole rings is 1. The first-order chi connectivity index (χ1) is 17.0. The maximum absolute atomic E-state index is 13.2. The molecule has 0 atom stereocenters. The molecule has 0 radical (unpaired) electrons. The van der Waals surface area contributed by atoms with Crippen molar-refractivity contribution in [3.05, 3.63) is 66.5 Å². The number of urea groups is 1. The fourth-order valence-corrected chi connectivity index (χ4v) is 3.62. The Kier molecular flexibility index (Phi) is 9.92. The van der Waals surface area contributed by atoms with Crippen LogP contribution < -0.4 is 19.7 Å². The minimum Gasteiger partial charge on any atom is -0.493 e. The van der Waals surface area contributed by atoms with Crippen molar-refractivity contribution in [2.24, 2.45) is 0 Å². The SMILES string of the molecule is COc1cc(N(Cc2cccnc2)C(=O)NCCCn2cncc2C)ccc1OCCCN(C)C. The number of nitrogens with one attached hydrogen (secondary N) is 1. The van der Waals surface area contributed by atoms with E-state index in [4.69, 9.17) is 9.47 Å². The van der Waals surface area contributed by atoms with Gasteiger partial charge in [-0.05, 0) is 57.6 Å². The molecule has 0 bridgehead atoms. The monoisotopic (exact) mass is 480 g/mol. The zero-order valence-electron chi connectivity index (χ0n) is 21.1. The number of rotatable bonds is 13. The fourth-order valence-electron chi connectivity index (χ4n) is 3.62. The van der Waals surface area contributed by atoms with Crippen molar-refractivity contribution in [2.45, 2.75) is 32.9 Å². The summed E-state index contributed by atoms with van der Waals surface area (Å²) in [5, 5.41) is 3.04. The van der Waals surface area contributed by atoms with E-state index >= 15 is 0 Å². The molecule has 0 spiro atoms. The molecule has 0 saturated heterocycles. The summed E-state index contributed by atoms with van der Waals surface area (Å²) in [4.78, 5) is 25.4. The molecule has 0 fully saturated rings. The van der Waals surface area contributed by atoms with Crippen molar-refractivity contribution >= 4 is 11.7 Å². The van der Waals surface area contributed by atoms with Crippen LogP contribution in [0.5, 0.6) is 11.5 Å². The Hall–Kier alpha value is -3.59. The largest absolute Gasteiger partial charge is 0.493 e. The molecular formula is C26H36N6O3. The lowest BCUT2D eigenvalue weighted by Gasteiger charge is -2.24. The van der Waals surface area contributed by atoms with Crippen molar-refractivity contribution in [1.82, 2.24) is 24.8 Å². The lowest BCUT2D eigenvalue weighted by molar-refractivity contribution is 0.245. The van der Waals surface area contributed by atoms with Crippen LogP contribution in [-0.4, -0.2) is 66.4 Å². The van der Waals surface area contributed by atoms with Gasteiger partial charge in [0.1, 0.15) is 0 Å². The smallest absolute Gasteiger partial charge is 0.322 e. The van der Waals surface area contributed by atoms with Gasteiger partial charge in [-0.2, -0.15) is 0 Å². The molecule has 2 amide bonds. The topological polar surface area (TPSA) is 84.8 Å². The van der Waals surface area contributed by atoms with Gasteiger partial charge in [-0.1, -0.05) is 6.07 Å². The van der Waals surface area contributed by atoms with Crippen LogP contribution in [-0.2, 0) is 13.1 Å². The van der Waals surface area contributed by atoms with Gasteiger partial charge in [0.15, 0.2) is 11.5 Å². The standard InChI is InChI=1S/C26H36N6O3/c1-21-17-28-20-31(21)14-6-12-29-26(33)32(19-22-8-5-11-27-18-22)23-9-10-24(25(16-23)34-4)35-15-7-13-30(2)3/h5,8-11,16-18,20H,6-7,12-15,19H2,1-4H3,(H,29,33). The predicted molar refractivity (Wildman–Crippen MR) is 137 cm³/mol. The zero-order valence-corrected chi connectivity index (χ0v) is 21.1. The normalized spacial score (nSPS) is 10.9. The van der Waals surface area contributed by atoms with Crippen LogP contribution in [0, 0.1) is 6.92 Å². The van der Waals surface area contributed by atoms with Crippen molar-refractivity contribution < 1.29 is 14.3 Å². The molecule has 35 heavy (non-hydrogen) atoms. The number of carbonyl (C=O) groups is 1. The molecule has 0 aliphatic heterocycles. The van der Waals surface area contributed by atoms with Gasteiger partial charge in [-0.3, -0.25) is 9.88 Å². The van der Waals surface area contributed by atoms with Crippen LogP contribution in [0.15, 0.2) is 55.2 Å². The molecule has 2 heterocycles. The highest BCUT2D eigenvalue weighted by Crippen LogP contribution is 2.32. The zero-order chi connectivity index (χ0) is 25.0. The van der Waals surface area contributed by atoms with E-state index in [1.54, 1.807) is 24.4 Å². The average molecular weight is 481 g/mol. The van der Waals surface area contributed by atoms with Crippen molar-refractivity contribution in [1.29, 1.82) is 0 Å². The molecule has 0 unspecified atom stereocenters. The van der Waals surface area contributed by atoms with E-state index in [0.29, 0.717) is 36.9 Å². The summed E-state index contributed by atoms with van der Waals surface area (Å²) < 4.78 is 13.6. The third-order valence-electron chi connectivity index (χ3n) is 5.55. The van der Waals surface area contributed by atoms with E-state index in [0.717, 1.165) is 37.2 Å². The molecule has 1 aromatic carbocycles. The van der Waals surface area contributed by atoms with E-state index in [1.807, 2.05) is 63.9 Å². The van der Waals surface area contributed by atoms with Gasteiger partial charge in [-0.25, -0.2) is 9.78 Å². The number of pyridine rings is 1. The number of amides is 2. The summed E-state index contributed by atoms with van der Waals surface area (Å²) in [7, 11) is 5.68. The maximum atomic E-state index is 13.2. The predicted octanol–water partition coefficient (Wildman–Crippen LogP) is 3.73. The van der Waals surface area contributed by atoms with Gasteiger partial charge in [0, 0.05) is 55.7 Å². The maximum Gasteiger partial charge on any atom is 0.322 e. The number of hydrogen-bond acceptors (Lipinski definition) is 6. The van der Waals surface area contributed by atoms with Crippen LogP contribution >= 0.6 is 0 Å². The quantitative estimate of drug-likeness (QED) is 0.375. The summed E-state index contributed by atoms with van der Waals surface area (Å²) in [6, 6.07) is 9.21. The Balaban J connectivity index is 1.69. The minimum atomic E-state index is -0.182. The first-order valence-corrected chi connectivity index (χ1v) is 11.8. The lowest BCUT2D eigenvalue weighted by atomic mass is 10.2. The molecule has 0 aliphatic rings. The van der Waals surface area contributed by atoms with Crippen LogP contribution in [0.25, 0.3) is 0 Å². The number of ether oxygens (including phenoxy) is 2. The summed E-state index contributed by atoms with van der Waals surface area (Å²) in [6.07, 6.45) is 8.83. The van der Waals surface area contributed by atoms with Crippen molar-refractivity contribution in [3.63, 3.8) is 0 Å². The Labute approximate surface area is 207 Å². The molecule has 3 aromatic rings. The van der Waals surface area contributed by atoms with Crippen LogP contribution in [0.1, 0.15) is 24.1 Å². The highest BCUT2D eigenvalue weighted by Gasteiger charge is 2.18. The summed E-state index contributed by atoms with van der Waals surface area (Å²) >= 11 is 0. The number of anilines is 1. The number of benzene rings is 1. The summed E-state index contributed by atoms with van der Waals surface area (Å²) in [5.41, 5.74) is 2.75. The second kappa shape index (κ2) is 13.3. The summed E-state index contributed by atoms with van der Waals surface area (Å²) in [5.74, 6) is 1.25.